The second kappa shape index (κ2) is 5.66. The fourth-order valence-corrected chi connectivity index (χ4v) is 1.96. The van der Waals surface area contributed by atoms with Crippen LogP contribution in [0.4, 0.5) is 5.69 Å². The number of pyridine rings is 1. The third kappa shape index (κ3) is 2.60. The maximum atomic E-state index is 11.5. The number of nitro groups is 1. The molecular weight excluding hydrogens is 284 g/mol. The Bertz CT molecular complexity index is 688. The number of ether oxygens (including phenoxy) is 1. The molecule has 0 amide bonds. The minimum Gasteiger partial charge on any atom is -0.465 e. The van der Waals surface area contributed by atoms with Crippen LogP contribution in [-0.2, 0) is 4.74 Å². The van der Waals surface area contributed by atoms with Crippen LogP contribution in [0.5, 0.6) is 0 Å². The second-order valence-electron chi connectivity index (χ2n) is 3.82. The quantitative estimate of drug-likeness (QED) is 0.376. The van der Waals surface area contributed by atoms with Crippen molar-refractivity contribution in [3.05, 3.63) is 57.4 Å². The molecule has 1 aromatic carbocycles. The van der Waals surface area contributed by atoms with E-state index in [0.717, 1.165) is 0 Å². The zero-order valence-electron chi connectivity index (χ0n) is 10.4. The normalized spacial score (nSPS) is 10.1. The Morgan fingerprint density at radius 2 is 2.10 bits per heavy atom. The summed E-state index contributed by atoms with van der Waals surface area (Å²) >= 11 is 5.95. The summed E-state index contributed by atoms with van der Waals surface area (Å²) in [5, 5.41) is 11.2. The van der Waals surface area contributed by atoms with Crippen molar-refractivity contribution in [2.45, 2.75) is 0 Å². The van der Waals surface area contributed by atoms with Crippen molar-refractivity contribution >= 4 is 23.3 Å². The van der Waals surface area contributed by atoms with E-state index in [1.54, 1.807) is 12.1 Å². The van der Waals surface area contributed by atoms with Gasteiger partial charge in [-0.15, -0.1) is 0 Å². The van der Waals surface area contributed by atoms with Gasteiger partial charge in [-0.3, -0.25) is 10.1 Å². The number of benzene rings is 1. The fraction of sp³-hybridized carbons (Fsp3) is 0.0769. The second-order valence-corrected chi connectivity index (χ2v) is 4.18. The van der Waals surface area contributed by atoms with Gasteiger partial charge in [-0.2, -0.15) is 0 Å². The molecule has 2 aromatic rings. The van der Waals surface area contributed by atoms with Gasteiger partial charge in [0.15, 0.2) is 0 Å². The number of methoxy groups -OCH3 is 1. The topological polar surface area (TPSA) is 82.3 Å². The predicted molar refractivity (Wildman–Crippen MR) is 72.7 cm³/mol. The van der Waals surface area contributed by atoms with Gasteiger partial charge in [0.05, 0.1) is 23.2 Å². The van der Waals surface area contributed by atoms with E-state index >= 15 is 0 Å². The molecule has 0 N–H and O–H groups in total. The van der Waals surface area contributed by atoms with Gasteiger partial charge in [-0.1, -0.05) is 11.6 Å². The minimum atomic E-state index is -0.582. The maximum absolute atomic E-state index is 11.5. The number of hydrogen-bond acceptors (Lipinski definition) is 5. The Morgan fingerprint density at radius 1 is 1.35 bits per heavy atom. The zero-order chi connectivity index (χ0) is 14.7. The van der Waals surface area contributed by atoms with Gasteiger partial charge in [-0.05, 0) is 24.3 Å². The molecule has 0 bridgehead atoms. The van der Waals surface area contributed by atoms with Gasteiger partial charge in [0, 0.05) is 17.8 Å². The van der Waals surface area contributed by atoms with Crippen molar-refractivity contribution in [3.8, 4) is 11.1 Å². The molecule has 1 aromatic heterocycles. The molecule has 0 unspecified atom stereocenters. The Hall–Kier alpha value is -2.47. The molecule has 1 heterocycles. The summed E-state index contributed by atoms with van der Waals surface area (Å²) in [7, 11) is 1.24. The van der Waals surface area contributed by atoms with E-state index in [0.29, 0.717) is 5.56 Å². The van der Waals surface area contributed by atoms with Crippen LogP contribution in [0.15, 0.2) is 36.5 Å². The molecule has 0 aliphatic heterocycles. The van der Waals surface area contributed by atoms with Crippen LogP contribution in [0, 0.1) is 10.1 Å². The largest absolute Gasteiger partial charge is 0.465 e. The number of hydrogen-bond donors (Lipinski definition) is 0. The lowest BCUT2D eigenvalue weighted by Crippen LogP contribution is -2.02. The van der Waals surface area contributed by atoms with E-state index < -0.39 is 10.9 Å². The van der Waals surface area contributed by atoms with Crippen molar-refractivity contribution < 1.29 is 14.5 Å². The van der Waals surface area contributed by atoms with Crippen molar-refractivity contribution in [1.29, 1.82) is 0 Å². The third-order valence-corrected chi connectivity index (χ3v) is 2.96. The van der Waals surface area contributed by atoms with Crippen LogP contribution in [0.2, 0.25) is 5.15 Å². The molecule has 2 rings (SSSR count). The van der Waals surface area contributed by atoms with Crippen molar-refractivity contribution in [3.63, 3.8) is 0 Å². The number of esters is 1. The summed E-state index contributed by atoms with van der Waals surface area (Å²) in [4.78, 5) is 25.9. The van der Waals surface area contributed by atoms with E-state index in [2.05, 4.69) is 9.72 Å². The number of carbonyl (C=O) groups is 1. The van der Waals surface area contributed by atoms with Crippen LogP contribution in [0.3, 0.4) is 0 Å². The standard InChI is InChI=1S/C13H9ClN2O4/c1-20-13(17)8-4-5-11(16(18)19)10(7-8)9-3-2-6-15-12(9)14/h2-7H,1H3. The monoisotopic (exact) mass is 292 g/mol. The Morgan fingerprint density at radius 3 is 2.70 bits per heavy atom. The lowest BCUT2D eigenvalue weighted by molar-refractivity contribution is -0.384. The van der Waals surface area contributed by atoms with Crippen molar-refractivity contribution in [2.24, 2.45) is 0 Å². The third-order valence-electron chi connectivity index (χ3n) is 2.66. The number of rotatable bonds is 3. The summed E-state index contributed by atoms with van der Waals surface area (Å²) in [5.41, 5.74) is 0.642. The lowest BCUT2D eigenvalue weighted by Gasteiger charge is -2.07. The van der Waals surface area contributed by atoms with Crippen molar-refractivity contribution in [1.82, 2.24) is 4.98 Å². The molecule has 6 nitrogen and oxygen atoms in total. The van der Waals surface area contributed by atoms with E-state index in [1.165, 1.54) is 31.5 Å². The number of nitro benzene ring substituents is 1. The SMILES string of the molecule is COC(=O)c1ccc([N+](=O)[O-])c(-c2cccnc2Cl)c1. The molecule has 7 heteroatoms. The first kappa shape index (κ1) is 14.0. The number of halogens is 1. The first-order chi connectivity index (χ1) is 9.54. The molecule has 0 radical (unpaired) electrons. The smallest absolute Gasteiger partial charge is 0.337 e. The number of nitrogens with zero attached hydrogens (tertiary/aromatic N) is 2. The van der Waals surface area contributed by atoms with E-state index in [4.69, 9.17) is 11.6 Å². The number of aromatic nitrogens is 1. The average molecular weight is 293 g/mol. The van der Waals surface area contributed by atoms with Gasteiger partial charge < -0.3 is 4.74 Å². The van der Waals surface area contributed by atoms with E-state index in [-0.39, 0.29) is 22.0 Å². The molecule has 0 spiro atoms. The highest BCUT2D eigenvalue weighted by molar-refractivity contribution is 6.32. The van der Waals surface area contributed by atoms with Gasteiger partial charge in [0.1, 0.15) is 5.15 Å². The highest BCUT2D eigenvalue weighted by atomic mass is 35.5. The summed E-state index contributed by atoms with van der Waals surface area (Å²) in [5.74, 6) is -0.582. The number of carbonyl (C=O) groups excluding carboxylic acids is 1. The molecule has 0 saturated carbocycles. The summed E-state index contributed by atoms with van der Waals surface area (Å²) in [6.45, 7) is 0. The first-order valence-electron chi connectivity index (χ1n) is 5.52. The molecule has 0 saturated heterocycles. The first-order valence-corrected chi connectivity index (χ1v) is 5.90. The predicted octanol–water partition coefficient (Wildman–Crippen LogP) is 3.10. The molecule has 0 aliphatic rings. The van der Waals surface area contributed by atoms with Gasteiger partial charge in [0.25, 0.3) is 5.69 Å². The summed E-state index contributed by atoms with van der Waals surface area (Å²) in [6, 6.07) is 7.14. The Kier molecular flexibility index (Phi) is 3.95. The average Bonchev–Trinajstić information content (AvgIpc) is 2.46. The fourth-order valence-electron chi connectivity index (χ4n) is 1.74. The molecule has 0 aliphatic carbocycles. The van der Waals surface area contributed by atoms with Crippen molar-refractivity contribution in [2.75, 3.05) is 7.11 Å². The Balaban J connectivity index is 2.68. The molecule has 0 fully saturated rings. The Labute approximate surface area is 119 Å². The highest BCUT2D eigenvalue weighted by Gasteiger charge is 2.20. The van der Waals surface area contributed by atoms with Crippen LogP contribution >= 0.6 is 11.6 Å². The van der Waals surface area contributed by atoms with Crippen LogP contribution in [0.1, 0.15) is 10.4 Å². The molecule has 0 atom stereocenters. The van der Waals surface area contributed by atoms with Crippen LogP contribution < -0.4 is 0 Å². The maximum Gasteiger partial charge on any atom is 0.337 e. The molecule has 20 heavy (non-hydrogen) atoms. The van der Waals surface area contributed by atoms with Gasteiger partial charge >= 0.3 is 5.97 Å². The van der Waals surface area contributed by atoms with E-state index in [9.17, 15) is 14.9 Å². The molecule has 102 valence electrons. The van der Waals surface area contributed by atoms with E-state index in [1.807, 2.05) is 0 Å². The minimum absolute atomic E-state index is 0.123. The van der Waals surface area contributed by atoms with Crippen LogP contribution in [0.25, 0.3) is 11.1 Å². The van der Waals surface area contributed by atoms with Gasteiger partial charge in [0.2, 0.25) is 0 Å². The lowest BCUT2D eigenvalue weighted by atomic mass is 10.0. The van der Waals surface area contributed by atoms with Crippen LogP contribution in [-0.4, -0.2) is 23.0 Å². The molecular formula is C13H9ClN2O4. The summed E-state index contributed by atoms with van der Waals surface area (Å²) < 4.78 is 4.60. The highest BCUT2D eigenvalue weighted by Crippen LogP contribution is 2.34. The summed E-state index contributed by atoms with van der Waals surface area (Å²) in [6.07, 6.45) is 1.47. The zero-order valence-corrected chi connectivity index (χ0v) is 11.1. The van der Waals surface area contributed by atoms with Gasteiger partial charge in [-0.25, -0.2) is 9.78 Å².